The average Bonchev–Trinajstić information content (AvgIpc) is 3.24. The van der Waals surface area contributed by atoms with E-state index in [9.17, 15) is 5.11 Å². The number of rotatable bonds is 3. The molecule has 118 valence electrons. The van der Waals surface area contributed by atoms with Gasteiger partial charge in [0.25, 0.3) is 0 Å². The summed E-state index contributed by atoms with van der Waals surface area (Å²) in [5, 5.41) is 23.3. The molecule has 0 spiro atoms. The van der Waals surface area contributed by atoms with E-state index >= 15 is 0 Å². The molecule has 4 aromatic rings. The molecule has 2 aromatic heterocycles. The van der Waals surface area contributed by atoms with Crippen LogP contribution in [0.4, 0.5) is 0 Å². The zero-order valence-electron chi connectivity index (χ0n) is 12.4. The average molecular weight is 336 g/mol. The van der Waals surface area contributed by atoms with Gasteiger partial charge in [-0.15, -0.1) is 5.10 Å². The number of aromatic amines is 1. The quantitative estimate of drug-likeness (QED) is 0.439. The van der Waals surface area contributed by atoms with Crippen LogP contribution in [0.2, 0.25) is 0 Å². The maximum absolute atomic E-state index is 10.2. The minimum atomic E-state index is 0.145. The van der Waals surface area contributed by atoms with Gasteiger partial charge in [0.1, 0.15) is 5.75 Å². The van der Waals surface area contributed by atoms with Crippen molar-refractivity contribution < 1.29 is 9.52 Å². The van der Waals surface area contributed by atoms with E-state index in [0.717, 1.165) is 10.8 Å². The molecule has 0 saturated heterocycles. The third kappa shape index (κ3) is 2.40. The number of furan rings is 1. The zero-order valence-corrected chi connectivity index (χ0v) is 13.2. The second kappa shape index (κ2) is 5.78. The smallest absolute Gasteiger partial charge is 0.219 e. The fourth-order valence-electron chi connectivity index (χ4n) is 2.50. The van der Waals surface area contributed by atoms with Gasteiger partial charge in [0.2, 0.25) is 10.6 Å². The summed E-state index contributed by atoms with van der Waals surface area (Å²) in [6, 6.07) is 14.8. The van der Waals surface area contributed by atoms with Gasteiger partial charge >= 0.3 is 0 Å². The lowest BCUT2D eigenvalue weighted by molar-refractivity contribution is 0.475. The number of benzene rings is 2. The van der Waals surface area contributed by atoms with E-state index in [-0.39, 0.29) is 5.75 Å². The minimum Gasteiger partial charge on any atom is -0.507 e. The normalized spacial score (nSPS) is 11.5. The molecule has 0 aliphatic heterocycles. The van der Waals surface area contributed by atoms with E-state index in [4.69, 9.17) is 16.6 Å². The Bertz CT molecular complexity index is 1090. The molecule has 0 fully saturated rings. The van der Waals surface area contributed by atoms with Crippen LogP contribution < -0.4 is 0 Å². The third-order valence-electron chi connectivity index (χ3n) is 3.64. The second-order valence-corrected chi connectivity index (χ2v) is 5.49. The fourth-order valence-corrected chi connectivity index (χ4v) is 2.68. The lowest BCUT2D eigenvalue weighted by Gasteiger charge is -2.04. The highest BCUT2D eigenvalue weighted by Gasteiger charge is 2.11. The molecule has 0 aliphatic carbocycles. The molecule has 6 nitrogen and oxygen atoms in total. The Morgan fingerprint density at radius 2 is 2.04 bits per heavy atom. The standard InChI is InChI=1S/C17H12N4O2S/c22-14-8-7-11-4-1-2-5-12(11)13(14)10-18-21-16(19-20-17(21)24)15-6-3-9-23-15/h1-10,22H,(H,20,24)/b18-10+. The van der Waals surface area contributed by atoms with E-state index in [2.05, 4.69) is 15.3 Å². The van der Waals surface area contributed by atoms with E-state index in [1.165, 1.54) is 4.68 Å². The van der Waals surface area contributed by atoms with Crippen molar-refractivity contribution in [2.24, 2.45) is 5.10 Å². The van der Waals surface area contributed by atoms with Crippen molar-refractivity contribution in [1.82, 2.24) is 14.9 Å². The lowest BCUT2D eigenvalue weighted by atomic mass is 10.0. The van der Waals surface area contributed by atoms with Gasteiger partial charge in [0, 0.05) is 5.56 Å². The first-order chi connectivity index (χ1) is 11.7. The first-order valence-corrected chi connectivity index (χ1v) is 7.61. The number of phenols is 1. The third-order valence-corrected chi connectivity index (χ3v) is 3.91. The van der Waals surface area contributed by atoms with Crippen molar-refractivity contribution >= 4 is 29.2 Å². The monoisotopic (exact) mass is 336 g/mol. The predicted molar refractivity (Wildman–Crippen MR) is 93.7 cm³/mol. The number of hydrogen-bond acceptors (Lipinski definition) is 5. The molecular weight excluding hydrogens is 324 g/mol. The zero-order chi connectivity index (χ0) is 16.5. The van der Waals surface area contributed by atoms with Crippen LogP contribution in [-0.2, 0) is 0 Å². The summed E-state index contributed by atoms with van der Waals surface area (Å²) in [5.74, 6) is 1.15. The molecule has 7 heteroatoms. The largest absolute Gasteiger partial charge is 0.507 e. The topological polar surface area (TPSA) is 79.3 Å². The summed E-state index contributed by atoms with van der Waals surface area (Å²) < 4.78 is 7.13. The van der Waals surface area contributed by atoms with Gasteiger partial charge in [0.15, 0.2) is 5.76 Å². The maximum atomic E-state index is 10.2. The molecule has 0 atom stereocenters. The van der Waals surface area contributed by atoms with Crippen molar-refractivity contribution in [3.8, 4) is 17.3 Å². The van der Waals surface area contributed by atoms with Crippen LogP contribution in [0.15, 0.2) is 64.3 Å². The molecule has 24 heavy (non-hydrogen) atoms. The molecule has 0 amide bonds. The number of H-pyrrole nitrogens is 1. The highest BCUT2D eigenvalue weighted by Crippen LogP contribution is 2.26. The lowest BCUT2D eigenvalue weighted by Crippen LogP contribution is -1.95. The molecule has 4 rings (SSSR count). The van der Waals surface area contributed by atoms with Gasteiger partial charge in [-0.1, -0.05) is 30.3 Å². The molecule has 0 bridgehead atoms. The Kier molecular flexibility index (Phi) is 3.47. The van der Waals surface area contributed by atoms with E-state index in [1.807, 2.05) is 30.3 Å². The Labute approximate surface area is 141 Å². The van der Waals surface area contributed by atoms with Crippen LogP contribution in [0.25, 0.3) is 22.4 Å². The van der Waals surface area contributed by atoms with Crippen LogP contribution in [0.1, 0.15) is 5.56 Å². The van der Waals surface area contributed by atoms with Gasteiger partial charge < -0.3 is 9.52 Å². The Hall–Kier alpha value is -3.19. The number of hydrogen-bond donors (Lipinski definition) is 2. The van der Waals surface area contributed by atoms with Crippen LogP contribution in [0.5, 0.6) is 5.75 Å². The molecular formula is C17H12N4O2S. The van der Waals surface area contributed by atoms with Crippen molar-refractivity contribution in [1.29, 1.82) is 0 Å². The van der Waals surface area contributed by atoms with Crippen molar-refractivity contribution in [2.75, 3.05) is 0 Å². The fraction of sp³-hybridized carbons (Fsp3) is 0. The highest BCUT2D eigenvalue weighted by molar-refractivity contribution is 7.71. The SMILES string of the molecule is Oc1ccc2ccccc2c1/C=N/n1c(-c2ccco2)n[nH]c1=S. The number of aromatic nitrogens is 3. The first kappa shape index (κ1) is 14.4. The number of nitrogens with zero attached hydrogens (tertiary/aromatic N) is 3. The van der Waals surface area contributed by atoms with Crippen molar-refractivity contribution in [3.63, 3.8) is 0 Å². The maximum Gasteiger partial charge on any atom is 0.219 e. The minimum absolute atomic E-state index is 0.145. The van der Waals surface area contributed by atoms with E-state index in [1.54, 1.807) is 30.7 Å². The number of aromatic hydroxyl groups is 1. The highest BCUT2D eigenvalue weighted by atomic mass is 32.1. The summed E-state index contributed by atoms with van der Waals surface area (Å²) in [4.78, 5) is 0. The number of nitrogens with one attached hydrogen (secondary N) is 1. The number of phenolic OH excluding ortho intramolecular Hbond substituents is 1. The summed E-state index contributed by atoms with van der Waals surface area (Å²) in [5.41, 5.74) is 0.613. The molecule has 2 aromatic carbocycles. The molecule has 2 N–H and O–H groups in total. The van der Waals surface area contributed by atoms with Crippen LogP contribution in [0.3, 0.4) is 0 Å². The van der Waals surface area contributed by atoms with Crippen LogP contribution in [0, 0.1) is 4.77 Å². The van der Waals surface area contributed by atoms with E-state index < -0.39 is 0 Å². The van der Waals surface area contributed by atoms with Crippen LogP contribution >= 0.6 is 12.2 Å². The van der Waals surface area contributed by atoms with Gasteiger partial charge in [-0.3, -0.25) is 0 Å². The number of fused-ring (bicyclic) bond motifs is 1. The first-order valence-electron chi connectivity index (χ1n) is 7.20. The van der Waals surface area contributed by atoms with Crippen LogP contribution in [-0.4, -0.2) is 26.2 Å². The molecule has 0 radical (unpaired) electrons. The Morgan fingerprint density at radius 3 is 2.88 bits per heavy atom. The van der Waals surface area contributed by atoms with Crippen molar-refractivity contribution in [2.45, 2.75) is 0 Å². The Balaban J connectivity index is 1.84. The van der Waals surface area contributed by atoms with E-state index in [0.29, 0.717) is 21.9 Å². The van der Waals surface area contributed by atoms with Gasteiger partial charge in [-0.05, 0) is 41.2 Å². The summed E-state index contributed by atoms with van der Waals surface area (Å²) in [6.07, 6.45) is 3.12. The Morgan fingerprint density at radius 1 is 1.17 bits per heavy atom. The van der Waals surface area contributed by atoms with Gasteiger partial charge in [0.05, 0.1) is 12.5 Å². The summed E-state index contributed by atoms with van der Waals surface area (Å²) >= 11 is 5.22. The van der Waals surface area contributed by atoms with Gasteiger partial charge in [-0.25, -0.2) is 5.10 Å². The van der Waals surface area contributed by atoms with Crippen molar-refractivity contribution in [3.05, 3.63) is 65.1 Å². The molecule has 0 saturated carbocycles. The molecule has 2 heterocycles. The summed E-state index contributed by atoms with van der Waals surface area (Å²) in [7, 11) is 0. The molecule has 0 unspecified atom stereocenters. The summed E-state index contributed by atoms with van der Waals surface area (Å²) in [6.45, 7) is 0. The predicted octanol–water partition coefficient (Wildman–Crippen LogP) is 3.94. The van der Waals surface area contributed by atoms with Gasteiger partial charge in [-0.2, -0.15) is 9.78 Å². The second-order valence-electron chi connectivity index (χ2n) is 5.11. The molecule has 0 aliphatic rings.